The summed E-state index contributed by atoms with van der Waals surface area (Å²) in [6.45, 7) is 19.7. The predicted octanol–water partition coefficient (Wildman–Crippen LogP) is 7.62. The molecule has 216 valence electrons. The van der Waals surface area contributed by atoms with Gasteiger partial charge in [-0.25, -0.2) is 4.79 Å². The fourth-order valence-electron chi connectivity index (χ4n) is 9.40. The van der Waals surface area contributed by atoms with Crippen molar-refractivity contribution in [3.8, 4) is 0 Å². The van der Waals surface area contributed by atoms with Crippen LogP contribution in [0.25, 0.3) is 0 Å². The largest absolute Gasteiger partial charge is 0.450 e. The third kappa shape index (κ3) is 4.10. The zero-order valence-electron chi connectivity index (χ0n) is 25.9. The van der Waals surface area contributed by atoms with Crippen LogP contribution in [0.15, 0.2) is 58.2 Å². The highest BCUT2D eigenvalue weighted by Gasteiger charge is 2.61. The number of hydrogen-bond acceptors (Lipinski definition) is 4. The van der Waals surface area contributed by atoms with Crippen LogP contribution in [0.4, 0.5) is 0 Å². The first kappa shape index (κ1) is 29.0. The van der Waals surface area contributed by atoms with E-state index in [1.807, 2.05) is 13.0 Å². The molecule has 0 aromatic carbocycles. The summed E-state index contributed by atoms with van der Waals surface area (Å²) in [4.78, 5) is 41.1. The van der Waals surface area contributed by atoms with Crippen LogP contribution in [0.3, 0.4) is 0 Å². The molecule has 0 aromatic rings. The highest BCUT2D eigenvalue weighted by atomic mass is 16.6. The Balaban J connectivity index is 1.78. The second kappa shape index (κ2) is 10.1. The Morgan fingerprint density at radius 2 is 1.65 bits per heavy atom. The molecule has 5 rings (SSSR count). The molecule has 1 aliphatic heterocycles. The van der Waals surface area contributed by atoms with E-state index in [0.29, 0.717) is 41.2 Å². The van der Waals surface area contributed by atoms with Gasteiger partial charge in [0, 0.05) is 23.7 Å². The first-order valence-corrected chi connectivity index (χ1v) is 15.5. The number of hydrogen-bond donors (Lipinski definition) is 0. The zero-order chi connectivity index (χ0) is 29.3. The Labute approximate surface area is 241 Å². The Bertz CT molecular complexity index is 1280. The topological polar surface area (TPSA) is 60.4 Å². The highest BCUT2D eigenvalue weighted by molar-refractivity contribution is 6.22. The first-order valence-electron chi connectivity index (χ1n) is 15.5. The van der Waals surface area contributed by atoms with E-state index in [1.54, 1.807) is 0 Å². The fourth-order valence-corrected chi connectivity index (χ4v) is 9.40. The van der Waals surface area contributed by atoms with E-state index >= 15 is 4.79 Å². The summed E-state index contributed by atoms with van der Waals surface area (Å²) in [6, 6.07) is 0. The van der Waals surface area contributed by atoms with Crippen LogP contribution in [-0.2, 0) is 19.1 Å². The summed E-state index contributed by atoms with van der Waals surface area (Å²) in [6.07, 6.45) is 14.4. The van der Waals surface area contributed by atoms with Gasteiger partial charge in [0.25, 0.3) is 0 Å². The number of carbonyl (C=O) groups is 3. The summed E-state index contributed by atoms with van der Waals surface area (Å²) >= 11 is 0. The molecular formula is C36H48O4. The van der Waals surface area contributed by atoms with Crippen molar-refractivity contribution in [1.29, 1.82) is 0 Å². The van der Waals surface area contributed by atoms with Gasteiger partial charge in [0.15, 0.2) is 5.78 Å². The lowest BCUT2D eigenvalue weighted by molar-refractivity contribution is -0.153. The van der Waals surface area contributed by atoms with Gasteiger partial charge < -0.3 is 4.74 Å². The van der Waals surface area contributed by atoms with E-state index in [0.717, 1.165) is 19.1 Å². The average molecular weight is 545 g/mol. The number of aldehydes is 1. The number of fused-ring (bicyclic) bond motifs is 3. The van der Waals surface area contributed by atoms with Crippen LogP contribution < -0.4 is 0 Å². The second-order valence-electron chi connectivity index (χ2n) is 14.3. The Morgan fingerprint density at radius 1 is 0.950 bits per heavy atom. The lowest BCUT2D eigenvalue weighted by atomic mass is 9.47. The van der Waals surface area contributed by atoms with Gasteiger partial charge in [-0.15, -0.1) is 0 Å². The van der Waals surface area contributed by atoms with Gasteiger partial charge in [-0.3, -0.25) is 9.59 Å². The van der Waals surface area contributed by atoms with Crippen LogP contribution in [-0.4, -0.2) is 23.6 Å². The summed E-state index contributed by atoms with van der Waals surface area (Å²) in [5, 5.41) is 0. The highest BCUT2D eigenvalue weighted by Crippen LogP contribution is 2.60. The molecule has 40 heavy (non-hydrogen) atoms. The van der Waals surface area contributed by atoms with Gasteiger partial charge in [-0.2, -0.15) is 0 Å². The molecule has 4 nitrogen and oxygen atoms in total. The maximum atomic E-state index is 15.1. The van der Waals surface area contributed by atoms with Gasteiger partial charge in [-0.05, 0) is 86.2 Å². The minimum absolute atomic E-state index is 0.0123. The molecule has 11 unspecified atom stereocenters. The number of ether oxygens (including phenoxy) is 1. The molecule has 0 amide bonds. The Morgan fingerprint density at radius 3 is 2.33 bits per heavy atom. The number of carbonyl (C=O) groups excluding carboxylic acids is 3. The van der Waals surface area contributed by atoms with Crippen LogP contribution in [0, 0.1) is 58.7 Å². The maximum absolute atomic E-state index is 15.1. The molecule has 5 aliphatic rings. The Kier molecular flexibility index (Phi) is 7.33. The molecule has 11 atom stereocenters. The van der Waals surface area contributed by atoms with Crippen LogP contribution in [0.1, 0.15) is 81.6 Å². The molecule has 4 heteroatoms. The van der Waals surface area contributed by atoms with Crippen LogP contribution >= 0.6 is 0 Å². The van der Waals surface area contributed by atoms with E-state index in [9.17, 15) is 9.59 Å². The van der Waals surface area contributed by atoms with Crippen LogP contribution in [0.5, 0.6) is 0 Å². The third-order valence-electron chi connectivity index (χ3n) is 12.0. The Hall–Kier alpha value is -2.49. The monoisotopic (exact) mass is 544 g/mol. The quantitative estimate of drug-likeness (QED) is 0.147. The van der Waals surface area contributed by atoms with Gasteiger partial charge in [0.05, 0.1) is 0 Å². The second-order valence-corrected chi connectivity index (χ2v) is 14.3. The molecule has 4 aliphatic carbocycles. The molecular weight excluding hydrogens is 496 g/mol. The number of ketones is 1. The summed E-state index contributed by atoms with van der Waals surface area (Å²) < 4.78 is 6.37. The number of allylic oxidation sites excluding steroid dienone is 6. The van der Waals surface area contributed by atoms with Crippen molar-refractivity contribution < 1.29 is 19.1 Å². The predicted molar refractivity (Wildman–Crippen MR) is 159 cm³/mol. The number of rotatable bonds is 1. The molecule has 0 saturated heterocycles. The zero-order valence-corrected chi connectivity index (χ0v) is 25.9. The fraction of sp³-hybridized carbons (Fsp3) is 0.639. The number of Topliss-reactive ketones (excluding diaryl/α,β-unsaturated/α-hetero) is 1. The lowest BCUT2D eigenvalue weighted by Crippen LogP contribution is -2.54. The summed E-state index contributed by atoms with van der Waals surface area (Å²) in [5.41, 5.74) is 2.25. The number of esters is 1. The first-order chi connectivity index (χ1) is 18.8. The lowest BCUT2D eigenvalue weighted by Gasteiger charge is -2.55. The van der Waals surface area contributed by atoms with Gasteiger partial charge in [0.2, 0.25) is 0 Å². The molecule has 2 bridgehead atoms. The van der Waals surface area contributed by atoms with Gasteiger partial charge in [0.1, 0.15) is 17.5 Å². The summed E-state index contributed by atoms with van der Waals surface area (Å²) in [7, 11) is 0. The smallest absolute Gasteiger partial charge is 0.342 e. The molecule has 0 radical (unpaired) electrons. The minimum atomic E-state index is -1.01. The minimum Gasteiger partial charge on any atom is -0.450 e. The summed E-state index contributed by atoms with van der Waals surface area (Å²) in [5.74, 6) is 1.28. The van der Waals surface area contributed by atoms with E-state index in [4.69, 9.17) is 4.74 Å². The van der Waals surface area contributed by atoms with Gasteiger partial charge in [-0.1, -0.05) is 83.1 Å². The standard InChI is InChI=1S/C36H48O4/c1-19-10-11-20(2)29-13-12-28-25(7)22(4)14-24(6)32(28)35(29,9)33(38)31-26(8)36(40-34(31)39)17-27(18-37)15-23(5)30(36)16-21(19)3/h11-13,15-16,18-19,22-25,28-30,32H,10,14,17H2,1-9H3/b20-11+,21-16+. The SMILES string of the molecule is CC1=C2C(=O)OC13CC(C=O)=CC(C)C3/C=C(\C)C(C)C/C=C(\C)C1C=CC3C(C)C(C)CC(C)C3C1(C)C2=O. The maximum Gasteiger partial charge on any atom is 0.342 e. The van der Waals surface area contributed by atoms with E-state index < -0.39 is 17.0 Å². The van der Waals surface area contributed by atoms with Crippen LogP contribution in [0.2, 0.25) is 0 Å². The van der Waals surface area contributed by atoms with Crippen molar-refractivity contribution in [3.63, 3.8) is 0 Å². The van der Waals surface area contributed by atoms with E-state index in [2.05, 4.69) is 79.7 Å². The molecule has 1 heterocycles. The third-order valence-corrected chi connectivity index (χ3v) is 12.0. The van der Waals surface area contributed by atoms with Gasteiger partial charge >= 0.3 is 5.97 Å². The molecule has 1 saturated carbocycles. The van der Waals surface area contributed by atoms with Crippen molar-refractivity contribution in [3.05, 3.63) is 58.2 Å². The van der Waals surface area contributed by atoms with E-state index in [1.165, 1.54) is 11.1 Å². The van der Waals surface area contributed by atoms with Crippen molar-refractivity contribution in [2.24, 2.45) is 58.7 Å². The van der Waals surface area contributed by atoms with Crippen molar-refractivity contribution in [2.45, 2.75) is 87.2 Å². The molecule has 0 N–H and O–H groups in total. The average Bonchev–Trinajstić information content (AvgIpc) is 3.14. The van der Waals surface area contributed by atoms with Crippen molar-refractivity contribution >= 4 is 18.0 Å². The van der Waals surface area contributed by atoms with Crippen molar-refractivity contribution in [1.82, 2.24) is 0 Å². The molecule has 1 spiro atoms. The van der Waals surface area contributed by atoms with E-state index in [-0.39, 0.29) is 40.9 Å². The molecule has 1 fully saturated rings. The molecule has 0 aromatic heterocycles. The normalized spacial score (nSPS) is 48.0. The van der Waals surface area contributed by atoms with Crippen molar-refractivity contribution in [2.75, 3.05) is 0 Å².